The van der Waals surface area contributed by atoms with E-state index in [0.29, 0.717) is 37.0 Å². The summed E-state index contributed by atoms with van der Waals surface area (Å²) in [5.74, 6) is 1.03. The third-order valence-corrected chi connectivity index (χ3v) is 4.71. The summed E-state index contributed by atoms with van der Waals surface area (Å²) >= 11 is 0. The van der Waals surface area contributed by atoms with Gasteiger partial charge in [0.25, 0.3) is 5.91 Å². The number of nitrogens with zero attached hydrogens (tertiary/aromatic N) is 4. The minimum absolute atomic E-state index is 0.0174. The molecule has 2 aromatic rings. The standard InChI is InChI=1S/C19H22N4O4/c24-19(14-1-2-17(22-11-14)27-16-5-10-25-13-16)23-8-3-15(4-9-23)26-18-12-20-6-7-21-18/h1-2,6-7,11-12,15-16H,3-5,8-10,13H2. The van der Waals surface area contributed by atoms with Crippen molar-refractivity contribution in [2.24, 2.45) is 0 Å². The number of hydrogen-bond donors (Lipinski definition) is 0. The Morgan fingerprint density at radius 2 is 1.85 bits per heavy atom. The number of rotatable bonds is 5. The fourth-order valence-electron chi connectivity index (χ4n) is 3.23. The van der Waals surface area contributed by atoms with Gasteiger partial charge in [0.1, 0.15) is 12.2 Å². The molecule has 0 saturated carbocycles. The molecule has 2 saturated heterocycles. The zero-order valence-electron chi connectivity index (χ0n) is 15.0. The Kier molecular flexibility index (Phi) is 5.43. The van der Waals surface area contributed by atoms with Gasteiger partial charge in [-0.15, -0.1) is 0 Å². The fourth-order valence-corrected chi connectivity index (χ4v) is 3.23. The third kappa shape index (κ3) is 4.51. The lowest BCUT2D eigenvalue weighted by molar-refractivity contribution is 0.0586. The molecule has 2 aliphatic rings. The van der Waals surface area contributed by atoms with Crippen molar-refractivity contribution < 1.29 is 19.0 Å². The van der Waals surface area contributed by atoms with Crippen LogP contribution in [0, 0.1) is 0 Å². The monoisotopic (exact) mass is 370 g/mol. The van der Waals surface area contributed by atoms with Gasteiger partial charge in [-0.1, -0.05) is 0 Å². The van der Waals surface area contributed by atoms with Crippen LogP contribution < -0.4 is 9.47 Å². The maximum atomic E-state index is 12.7. The van der Waals surface area contributed by atoms with Gasteiger partial charge in [-0.3, -0.25) is 9.78 Å². The number of piperidine rings is 1. The largest absolute Gasteiger partial charge is 0.473 e. The van der Waals surface area contributed by atoms with Crippen LogP contribution >= 0.6 is 0 Å². The first kappa shape index (κ1) is 17.7. The molecule has 0 aromatic carbocycles. The van der Waals surface area contributed by atoms with Crippen LogP contribution in [0.25, 0.3) is 0 Å². The molecular formula is C19H22N4O4. The van der Waals surface area contributed by atoms with Gasteiger partial charge in [0.05, 0.1) is 25.0 Å². The predicted molar refractivity (Wildman–Crippen MR) is 95.7 cm³/mol. The van der Waals surface area contributed by atoms with Gasteiger partial charge in [-0.05, 0) is 6.07 Å². The predicted octanol–water partition coefficient (Wildman–Crippen LogP) is 1.72. The van der Waals surface area contributed by atoms with E-state index < -0.39 is 0 Å². The lowest BCUT2D eigenvalue weighted by Gasteiger charge is -2.31. The van der Waals surface area contributed by atoms with Crippen molar-refractivity contribution in [3.05, 3.63) is 42.5 Å². The molecule has 8 nitrogen and oxygen atoms in total. The lowest BCUT2D eigenvalue weighted by atomic mass is 10.1. The third-order valence-electron chi connectivity index (χ3n) is 4.71. The maximum Gasteiger partial charge on any atom is 0.255 e. The van der Waals surface area contributed by atoms with Gasteiger partial charge >= 0.3 is 0 Å². The first-order chi connectivity index (χ1) is 13.3. The first-order valence-corrected chi connectivity index (χ1v) is 9.20. The highest BCUT2D eigenvalue weighted by Crippen LogP contribution is 2.19. The molecule has 4 rings (SSSR count). The highest BCUT2D eigenvalue weighted by molar-refractivity contribution is 5.94. The number of hydrogen-bond acceptors (Lipinski definition) is 7. The van der Waals surface area contributed by atoms with Crippen molar-refractivity contribution in [2.45, 2.75) is 31.5 Å². The number of amides is 1. The average Bonchev–Trinajstić information content (AvgIpc) is 3.22. The summed E-state index contributed by atoms with van der Waals surface area (Å²) in [6.45, 7) is 2.59. The Labute approximate surface area is 157 Å². The van der Waals surface area contributed by atoms with Crippen LogP contribution in [0.15, 0.2) is 36.9 Å². The zero-order valence-corrected chi connectivity index (χ0v) is 15.0. The molecule has 1 atom stereocenters. The van der Waals surface area contributed by atoms with E-state index in [1.165, 1.54) is 0 Å². The molecule has 2 aromatic heterocycles. The Balaban J connectivity index is 1.28. The van der Waals surface area contributed by atoms with Crippen molar-refractivity contribution in [1.29, 1.82) is 0 Å². The lowest BCUT2D eigenvalue weighted by Crippen LogP contribution is -2.41. The highest BCUT2D eigenvalue weighted by Gasteiger charge is 2.25. The van der Waals surface area contributed by atoms with E-state index in [4.69, 9.17) is 14.2 Å². The van der Waals surface area contributed by atoms with E-state index in [1.807, 2.05) is 4.90 Å². The summed E-state index contributed by atoms with van der Waals surface area (Å²) in [6, 6.07) is 3.51. The van der Waals surface area contributed by atoms with E-state index in [2.05, 4.69) is 15.0 Å². The molecule has 4 heterocycles. The van der Waals surface area contributed by atoms with Crippen LogP contribution in [0.1, 0.15) is 29.6 Å². The van der Waals surface area contributed by atoms with Crippen molar-refractivity contribution in [3.63, 3.8) is 0 Å². The van der Waals surface area contributed by atoms with Crippen LogP contribution in [0.3, 0.4) is 0 Å². The van der Waals surface area contributed by atoms with Crippen molar-refractivity contribution in [2.75, 3.05) is 26.3 Å². The fraction of sp³-hybridized carbons (Fsp3) is 0.474. The second-order valence-corrected chi connectivity index (χ2v) is 6.64. The molecule has 1 amide bonds. The Bertz CT molecular complexity index is 742. The van der Waals surface area contributed by atoms with Crippen LogP contribution in [0.4, 0.5) is 0 Å². The van der Waals surface area contributed by atoms with Gasteiger partial charge in [0.2, 0.25) is 11.8 Å². The Morgan fingerprint density at radius 1 is 1.00 bits per heavy atom. The van der Waals surface area contributed by atoms with Crippen molar-refractivity contribution in [1.82, 2.24) is 19.9 Å². The second-order valence-electron chi connectivity index (χ2n) is 6.64. The molecule has 27 heavy (non-hydrogen) atoms. The normalized spacial score (nSPS) is 20.4. The van der Waals surface area contributed by atoms with E-state index in [1.54, 1.807) is 36.9 Å². The smallest absolute Gasteiger partial charge is 0.255 e. The quantitative estimate of drug-likeness (QED) is 0.792. The van der Waals surface area contributed by atoms with Crippen LogP contribution in [0.5, 0.6) is 11.8 Å². The van der Waals surface area contributed by atoms with E-state index in [0.717, 1.165) is 25.9 Å². The van der Waals surface area contributed by atoms with Crippen LogP contribution in [-0.2, 0) is 4.74 Å². The Hall–Kier alpha value is -2.74. The summed E-state index contributed by atoms with van der Waals surface area (Å²) in [7, 11) is 0. The molecule has 0 spiro atoms. The van der Waals surface area contributed by atoms with Crippen LogP contribution in [-0.4, -0.2) is 64.3 Å². The number of carbonyl (C=O) groups excluding carboxylic acids is 1. The molecule has 8 heteroatoms. The molecule has 0 bridgehead atoms. The first-order valence-electron chi connectivity index (χ1n) is 9.20. The van der Waals surface area contributed by atoms with Gasteiger partial charge in [0.15, 0.2) is 0 Å². The zero-order chi connectivity index (χ0) is 18.5. The minimum Gasteiger partial charge on any atom is -0.473 e. The van der Waals surface area contributed by atoms with E-state index in [-0.39, 0.29) is 18.1 Å². The van der Waals surface area contributed by atoms with Gasteiger partial charge in [-0.25, -0.2) is 9.97 Å². The average molecular weight is 370 g/mol. The maximum absolute atomic E-state index is 12.7. The summed E-state index contributed by atoms with van der Waals surface area (Å²) in [6.07, 6.45) is 8.89. The Morgan fingerprint density at radius 3 is 2.52 bits per heavy atom. The van der Waals surface area contributed by atoms with Crippen molar-refractivity contribution >= 4 is 5.91 Å². The molecule has 2 fully saturated rings. The molecule has 0 radical (unpaired) electrons. The molecule has 2 aliphatic heterocycles. The van der Waals surface area contributed by atoms with Crippen LogP contribution in [0.2, 0.25) is 0 Å². The number of pyridine rings is 1. The van der Waals surface area contributed by atoms with E-state index >= 15 is 0 Å². The van der Waals surface area contributed by atoms with E-state index in [9.17, 15) is 4.79 Å². The van der Waals surface area contributed by atoms with Gasteiger partial charge < -0.3 is 19.1 Å². The molecule has 0 aliphatic carbocycles. The number of ether oxygens (including phenoxy) is 3. The van der Waals surface area contributed by atoms with Gasteiger partial charge in [-0.2, -0.15) is 0 Å². The second kappa shape index (κ2) is 8.30. The SMILES string of the molecule is O=C(c1ccc(OC2CCOC2)nc1)N1CCC(Oc2cnccn2)CC1. The van der Waals surface area contributed by atoms with Crippen molar-refractivity contribution in [3.8, 4) is 11.8 Å². The number of likely N-dealkylation sites (tertiary alicyclic amines) is 1. The molecular weight excluding hydrogens is 348 g/mol. The van der Waals surface area contributed by atoms with Gasteiger partial charge in [0, 0.05) is 57.0 Å². The number of aromatic nitrogens is 3. The molecule has 0 N–H and O–H groups in total. The summed E-state index contributed by atoms with van der Waals surface area (Å²) < 4.78 is 16.8. The highest BCUT2D eigenvalue weighted by atomic mass is 16.5. The molecule has 142 valence electrons. The molecule has 1 unspecified atom stereocenters. The summed E-state index contributed by atoms with van der Waals surface area (Å²) in [4.78, 5) is 26.9. The minimum atomic E-state index is -0.0174. The summed E-state index contributed by atoms with van der Waals surface area (Å²) in [5, 5.41) is 0. The number of carbonyl (C=O) groups is 1. The topological polar surface area (TPSA) is 86.7 Å². The summed E-state index contributed by atoms with van der Waals surface area (Å²) in [5.41, 5.74) is 0.568.